The Kier molecular flexibility index (Phi) is 6.79. The van der Waals surface area contributed by atoms with Crippen LogP contribution < -0.4 is 14.9 Å². The van der Waals surface area contributed by atoms with E-state index < -0.39 is 26.9 Å². The predicted molar refractivity (Wildman–Crippen MR) is 102 cm³/mol. The molecule has 10 nitrogen and oxygen atoms in total. The first-order chi connectivity index (χ1) is 13.2. The molecule has 2 rings (SSSR count). The Balaban J connectivity index is 1.96. The number of hydrogen-bond donors (Lipinski definition) is 2. The van der Waals surface area contributed by atoms with Gasteiger partial charge in [0.15, 0.2) is 0 Å². The number of carbonyl (C=O) groups is 1. The van der Waals surface area contributed by atoms with E-state index in [1.165, 1.54) is 13.1 Å². The Morgan fingerprint density at radius 3 is 2.32 bits per heavy atom. The van der Waals surface area contributed by atoms with Crippen molar-refractivity contribution in [3.05, 3.63) is 64.2 Å². The highest BCUT2D eigenvalue weighted by molar-refractivity contribution is 7.89. The number of hydrogen-bond acceptors (Lipinski definition) is 7. The van der Waals surface area contributed by atoms with Gasteiger partial charge in [-0.3, -0.25) is 14.9 Å². The maximum atomic E-state index is 12.3. The van der Waals surface area contributed by atoms with Gasteiger partial charge in [-0.05, 0) is 48.9 Å². The number of nitro groups is 1. The Hall–Kier alpha value is -3.31. The number of nitrogens with one attached hydrogen (secondary N) is 2. The molecule has 11 heteroatoms. The summed E-state index contributed by atoms with van der Waals surface area (Å²) >= 11 is 0. The average molecular weight is 406 g/mol. The van der Waals surface area contributed by atoms with Crippen LogP contribution in [0.15, 0.2) is 58.5 Å². The highest BCUT2D eigenvalue weighted by atomic mass is 32.2. The molecular formula is C17H18N4O6S. The van der Waals surface area contributed by atoms with E-state index in [1.54, 1.807) is 31.4 Å². The minimum absolute atomic E-state index is 0.195. The van der Waals surface area contributed by atoms with Crippen LogP contribution in [0.3, 0.4) is 0 Å². The van der Waals surface area contributed by atoms with Crippen molar-refractivity contribution in [2.45, 2.75) is 17.9 Å². The summed E-state index contributed by atoms with van der Waals surface area (Å²) in [6, 6.07) is 10.1. The molecule has 0 aromatic heterocycles. The number of nitro benzene ring substituents is 1. The van der Waals surface area contributed by atoms with Crippen molar-refractivity contribution in [3.8, 4) is 5.75 Å². The van der Waals surface area contributed by atoms with E-state index in [0.29, 0.717) is 11.3 Å². The van der Waals surface area contributed by atoms with Gasteiger partial charge in [0.2, 0.25) is 10.0 Å². The van der Waals surface area contributed by atoms with Crippen molar-refractivity contribution >= 4 is 27.8 Å². The average Bonchev–Trinajstić information content (AvgIpc) is 2.68. The van der Waals surface area contributed by atoms with Crippen LogP contribution in [-0.2, 0) is 14.8 Å². The molecule has 0 saturated heterocycles. The van der Waals surface area contributed by atoms with Gasteiger partial charge in [-0.25, -0.2) is 13.8 Å². The number of methoxy groups -OCH3 is 1. The number of nitrogens with zero attached hydrogens (tertiary/aromatic N) is 2. The van der Waals surface area contributed by atoms with Crippen LogP contribution in [0.5, 0.6) is 5.75 Å². The fraction of sp³-hybridized carbons (Fsp3) is 0.176. The zero-order valence-corrected chi connectivity index (χ0v) is 15.8. The van der Waals surface area contributed by atoms with Crippen molar-refractivity contribution in [1.82, 2.24) is 10.1 Å². The monoisotopic (exact) mass is 406 g/mol. The highest BCUT2D eigenvalue weighted by Gasteiger charge is 2.22. The van der Waals surface area contributed by atoms with E-state index in [2.05, 4.69) is 15.2 Å². The summed E-state index contributed by atoms with van der Waals surface area (Å²) in [6.07, 6.45) is 1.40. The summed E-state index contributed by atoms with van der Waals surface area (Å²) in [5.41, 5.74) is 2.71. The molecule has 0 fully saturated rings. The summed E-state index contributed by atoms with van der Waals surface area (Å²) in [7, 11) is -2.49. The molecule has 148 valence electrons. The summed E-state index contributed by atoms with van der Waals surface area (Å²) < 4.78 is 31.8. The molecule has 0 bridgehead atoms. The lowest BCUT2D eigenvalue weighted by Crippen LogP contribution is -2.43. The maximum absolute atomic E-state index is 12.3. The van der Waals surface area contributed by atoms with Gasteiger partial charge in [0.25, 0.3) is 11.6 Å². The molecular weight excluding hydrogens is 388 g/mol. The lowest BCUT2D eigenvalue weighted by Gasteiger charge is -2.12. The summed E-state index contributed by atoms with van der Waals surface area (Å²) in [4.78, 5) is 21.8. The number of hydrazone groups is 1. The third-order valence-electron chi connectivity index (χ3n) is 3.59. The van der Waals surface area contributed by atoms with Crippen LogP contribution in [0.1, 0.15) is 12.5 Å². The molecule has 1 unspecified atom stereocenters. The van der Waals surface area contributed by atoms with Crippen LogP contribution in [0.4, 0.5) is 5.69 Å². The van der Waals surface area contributed by atoms with Crippen LogP contribution in [0, 0.1) is 10.1 Å². The summed E-state index contributed by atoms with van der Waals surface area (Å²) in [6.45, 7) is 1.35. The van der Waals surface area contributed by atoms with Crippen LogP contribution in [0.2, 0.25) is 0 Å². The number of carbonyl (C=O) groups excluding carboxylic acids is 1. The van der Waals surface area contributed by atoms with Gasteiger partial charge in [0.1, 0.15) is 5.75 Å². The number of benzene rings is 2. The lowest BCUT2D eigenvalue weighted by molar-refractivity contribution is -0.384. The minimum atomic E-state index is -4.03. The van der Waals surface area contributed by atoms with Gasteiger partial charge in [-0.2, -0.15) is 9.82 Å². The Morgan fingerprint density at radius 2 is 1.79 bits per heavy atom. The second-order valence-electron chi connectivity index (χ2n) is 5.60. The van der Waals surface area contributed by atoms with Gasteiger partial charge in [-0.15, -0.1) is 0 Å². The Labute approximate surface area is 161 Å². The first-order valence-corrected chi connectivity index (χ1v) is 9.45. The van der Waals surface area contributed by atoms with Gasteiger partial charge in [0, 0.05) is 12.1 Å². The van der Waals surface area contributed by atoms with E-state index >= 15 is 0 Å². The number of rotatable bonds is 8. The van der Waals surface area contributed by atoms with Crippen molar-refractivity contribution in [3.63, 3.8) is 0 Å². The largest absolute Gasteiger partial charge is 0.497 e. The van der Waals surface area contributed by atoms with Gasteiger partial charge >= 0.3 is 0 Å². The van der Waals surface area contributed by atoms with Crippen molar-refractivity contribution < 1.29 is 22.9 Å². The van der Waals surface area contributed by atoms with Crippen molar-refractivity contribution in [2.75, 3.05) is 7.11 Å². The fourth-order valence-electron chi connectivity index (χ4n) is 2.06. The molecule has 0 aliphatic rings. The SMILES string of the molecule is COc1ccc(/C=N/NC(=O)C(C)NS(=O)(=O)c2ccc([N+](=O)[O-])cc2)cc1. The molecule has 2 aromatic carbocycles. The normalized spacial score (nSPS) is 12.5. The van der Waals surface area contributed by atoms with Crippen LogP contribution in [0.25, 0.3) is 0 Å². The number of non-ortho nitro benzene ring substituents is 1. The smallest absolute Gasteiger partial charge is 0.269 e. The number of sulfonamides is 1. The minimum Gasteiger partial charge on any atom is -0.497 e. The maximum Gasteiger partial charge on any atom is 0.269 e. The topological polar surface area (TPSA) is 140 Å². The second kappa shape index (κ2) is 9.06. The molecule has 28 heavy (non-hydrogen) atoms. The molecule has 0 spiro atoms. The zero-order chi connectivity index (χ0) is 20.7. The molecule has 0 radical (unpaired) electrons. The van der Waals surface area contributed by atoms with Gasteiger partial charge in [-0.1, -0.05) is 0 Å². The van der Waals surface area contributed by atoms with Gasteiger partial charge in [0.05, 0.1) is 29.2 Å². The molecule has 2 N–H and O–H groups in total. The van der Waals surface area contributed by atoms with Crippen LogP contribution in [-0.4, -0.2) is 38.6 Å². The number of ether oxygens (including phenoxy) is 1. The highest BCUT2D eigenvalue weighted by Crippen LogP contribution is 2.16. The number of amides is 1. The molecule has 1 amide bonds. The van der Waals surface area contributed by atoms with E-state index in [1.807, 2.05) is 0 Å². The van der Waals surface area contributed by atoms with E-state index in [0.717, 1.165) is 24.3 Å². The quantitative estimate of drug-likeness (QED) is 0.386. The molecule has 0 aliphatic carbocycles. The Bertz CT molecular complexity index is 972. The summed E-state index contributed by atoms with van der Waals surface area (Å²) in [5.74, 6) is 0.00528. The third kappa shape index (κ3) is 5.59. The van der Waals surface area contributed by atoms with Gasteiger partial charge < -0.3 is 4.74 Å². The van der Waals surface area contributed by atoms with Crippen molar-refractivity contribution in [1.29, 1.82) is 0 Å². The molecule has 0 aliphatic heterocycles. The van der Waals surface area contributed by atoms with E-state index in [-0.39, 0.29) is 10.6 Å². The molecule has 0 saturated carbocycles. The fourth-order valence-corrected chi connectivity index (χ4v) is 3.26. The van der Waals surface area contributed by atoms with Crippen LogP contribution >= 0.6 is 0 Å². The summed E-state index contributed by atoms with van der Waals surface area (Å²) in [5, 5.41) is 14.4. The second-order valence-corrected chi connectivity index (χ2v) is 7.32. The first-order valence-electron chi connectivity index (χ1n) is 7.96. The van der Waals surface area contributed by atoms with E-state index in [4.69, 9.17) is 4.74 Å². The van der Waals surface area contributed by atoms with Crippen molar-refractivity contribution in [2.24, 2.45) is 5.10 Å². The lowest BCUT2D eigenvalue weighted by atomic mass is 10.2. The van der Waals surface area contributed by atoms with E-state index in [9.17, 15) is 23.3 Å². The molecule has 1 atom stereocenters. The standard InChI is InChI=1S/C17H18N4O6S/c1-12(17(22)19-18-11-13-3-7-15(27-2)8-4-13)20-28(25,26)16-9-5-14(6-10-16)21(23)24/h3-12,20H,1-2H3,(H,19,22)/b18-11+. The molecule has 0 heterocycles. The first kappa shape index (κ1) is 21.0. The third-order valence-corrected chi connectivity index (χ3v) is 5.14. The predicted octanol–water partition coefficient (Wildman–Crippen LogP) is 1.42. The Morgan fingerprint density at radius 1 is 1.18 bits per heavy atom. The zero-order valence-electron chi connectivity index (χ0n) is 15.0. The molecule has 2 aromatic rings.